The summed E-state index contributed by atoms with van der Waals surface area (Å²) in [4.78, 5) is 30.6. The van der Waals surface area contributed by atoms with Gasteiger partial charge in [-0.2, -0.15) is 22.8 Å². The summed E-state index contributed by atoms with van der Waals surface area (Å²) < 4.78 is 71.0. The van der Waals surface area contributed by atoms with Crippen molar-refractivity contribution in [2.75, 3.05) is 11.4 Å². The number of hydrogen-bond acceptors (Lipinski definition) is 7. The molecule has 1 fully saturated rings. The molecular formula is C25H21Cl2F5N8O3. The van der Waals surface area contributed by atoms with Crippen LogP contribution < -0.4 is 16.3 Å². The Hall–Kier alpha value is -4.02. The zero-order chi connectivity index (χ0) is 31.3. The van der Waals surface area contributed by atoms with E-state index in [2.05, 4.69) is 15.2 Å². The Morgan fingerprint density at radius 1 is 1.12 bits per heavy atom. The molecule has 43 heavy (non-hydrogen) atoms. The van der Waals surface area contributed by atoms with Crippen molar-refractivity contribution in [1.29, 1.82) is 0 Å². The predicted molar refractivity (Wildman–Crippen MR) is 144 cm³/mol. The highest BCUT2D eigenvalue weighted by Crippen LogP contribution is 2.36. The fraction of sp³-hybridized carbons (Fsp3) is 0.320. The highest BCUT2D eigenvalue weighted by atomic mass is 35.5. The summed E-state index contributed by atoms with van der Waals surface area (Å²) in [5, 5.41) is 18.6. The smallest absolute Gasteiger partial charge is 0.382 e. The molecule has 0 unspecified atom stereocenters. The van der Waals surface area contributed by atoms with E-state index in [0.717, 1.165) is 14.3 Å². The number of halogens is 7. The Bertz CT molecular complexity index is 1720. The van der Waals surface area contributed by atoms with Crippen LogP contribution >= 0.6 is 23.2 Å². The number of aliphatic hydroxyl groups is 1. The number of hydrogen-bond donors (Lipinski definition) is 2. The third-order valence-corrected chi connectivity index (χ3v) is 7.19. The SMILES string of the molecule is NC(=O)[C@@H]1CC(F)(F)CN1c1nc(Cn2nc(-c3ccc(Cl)cc3)n(C[C@H](O)C(F)(F)F)c2=O)nn1-c1ccccc1Cl. The fourth-order valence-electron chi connectivity index (χ4n) is 4.60. The van der Waals surface area contributed by atoms with Crippen molar-refractivity contribution in [3.05, 3.63) is 74.9 Å². The highest BCUT2D eigenvalue weighted by molar-refractivity contribution is 6.32. The van der Waals surface area contributed by atoms with E-state index < -0.39 is 61.9 Å². The lowest BCUT2D eigenvalue weighted by atomic mass is 10.2. The van der Waals surface area contributed by atoms with Crippen LogP contribution in [0.4, 0.5) is 27.9 Å². The molecule has 0 saturated carbocycles. The third-order valence-electron chi connectivity index (χ3n) is 6.62. The van der Waals surface area contributed by atoms with Gasteiger partial charge in [0.2, 0.25) is 11.9 Å². The summed E-state index contributed by atoms with van der Waals surface area (Å²) in [6.45, 7) is -2.63. The maximum atomic E-state index is 14.4. The summed E-state index contributed by atoms with van der Waals surface area (Å²) in [6, 6.07) is 10.5. The lowest BCUT2D eigenvalue weighted by molar-refractivity contribution is -0.207. The average Bonchev–Trinajstić information content (AvgIpc) is 3.58. The molecule has 2 atom stereocenters. The zero-order valence-electron chi connectivity index (χ0n) is 21.7. The first-order chi connectivity index (χ1) is 20.1. The van der Waals surface area contributed by atoms with E-state index in [1.807, 2.05) is 0 Å². The number of primary amides is 1. The van der Waals surface area contributed by atoms with E-state index in [-0.39, 0.29) is 33.9 Å². The Balaban J connectivity index is 1.61. The molecule has 0 spiro atoms. The molecule has 0 aliphatic carbocycles. The van der Waals surface area contributed by atoms with E-state index in [9.17, 15) is 36.6 Å². The number of nitrogens with zero attached hydrogens (tertiary/aromatic N) is 7. The van der Waals surface area contributed by atoms with Crippen LogP contribution in [0.3, 0.4) is 0 Å². The molecule has 228 valence electrons. The Morgan fingerprint density at radius 3 is 2.42 bits per heavy atom. The standard InChI is InChI=1S/C25H21Cl2F5N8O3/c26-14-7-5-13(6-8-14)21-36-39(23(43)37(21)10-18(41)25(30,31)32)11-19-34-22(38-12-24(28,29)9-17(38)20(33)42)40(35-19)16-4-2-1-3-15(16)27/h1-8,17-18,41H,9-12H2,(H2,33,42)/t17-,18-/m0/s1. The number of nitrogens with two attached hydrogens (primary N) is 1. The van der Waals surface area contributed by atoms with Gasteiger partial charge in [0.25, 0.3) is 5.92 Å². The van der Waals surface area contributed by atoms with Crippen LogP contribution in [-0.4, -0.2) is 70.9 Å². The van der Waals surface area contributed by atoms with Gasteiger partial charge in [-0.15, -0.1) is 10.2 Å². The van der Waals surface area contributed by atoms with Gasteiger partial charge in [-0.3, -0.25) is 9.36 Å². The maximum absolute atomic E-state index is 14.4. The van der Waals surface area contributed by atoms with E-state index in [1.165, 1.54) is 36.4 Å². The van der Waals surface area contributed by atoms with Gasteiger partial charge in [0.15, 0.2) is 17.8 Å². The van der Waals surface area contributed by atoms with Crippen LogP contribution in [0.25, 0.3) is 17.1 Å². The van der Waals surface area contributed by atoms with Crippen molar-refractivity contribution in [3.8, 4) is 17.1 Å². The van der Waals surface area contributed by atoms with Crippen LogP contribution in [0.2, 0.25) is 10.0 Å². The molecule has 3 N–H and O–H groups in total. The molecule has 1 aliphatic rings. The molecule has 1 aliphatic heterocycles. The van der Waals surface area contributed by atoms with Crippen molar-refractivity contribution in [2.24, 2.45) is 5.73 Å². The van der Waals surface area contributed by atoms with E-state index in [0.29, 0.717) is 9.59 Å². The molecule has 11 nitrogen and oxygen atoms in total. The average molecular weight is 647 g/mol. The number of para-hydroxylation sites is 1. The van der Waals surface area contributed by atoms with Gasteiger partial charge >= 0.3 is 11.9 Å². The lowest BCUT2D eigenvalue weighted by Crippen LogP contribution is -2.41. The number of aromatic nitrogens is 6. The topological polar surface area (TPSA) is 137 Å². The van der Waals surface area contributed by atoms with Crippen molar-refractivity contribution < 1.29 is 31.9 Å². The molecule has 5 rings (SSSR count). The lowest BCUT2D eigenvalue weighted by Gasteiger charge is -2.22. The van der Waals surface area contributed by atoms with Gasteiger partial charge in [-0.05, 0) is 36.4 Å². The van der Waals surface area contributed by atoms with Crippen molar-refractivity contribution in [2.45, 2.75) is 43.8 Å². The molecule has 0 radical (unpaired) electrons. The van der Waals surface area contributed by atoms with Gasteiger partial charge < -0.3 is 15.7 Å². The number of benzene rings is 2. The summed E-state index contributed by atoms with van der Waals surface area (Å²) in [5.41, 5.74) is 4.77. The molecule has 1 amide bonds. The number of rotatable bonds is 8. The summed E-state index contributed by atoms with van der Waals surface area (Å²) in [5.74, 6) is -4.96. The molecule has 2 aromatic heterocycles. The first kappa shape index (κ1) is 30.4. The van der Waals surface area contributed by atoms with Crippen LogP contribution in [-0.2, 0) is 17.9 Å². The molecule has 1 saturated heterocycles. The quantitative estimate of drug-likeness (QED) is 0.280. The largest absolute Gasteiger partial charge is 0.416 e. The van der Waals surface area contributed by atoms with E-state index in [4.69, 9.17) is 28.9 Å². The first-order valence-corrected chi connectivity index (χ1v) is 13.2. The minimum absolute atomic E-state index is 0.148. The Labute approximate surface area is 248 Å². The second kappa shape index (κ2) is 11.2. The molecule has 3 heterocycles. The number of alkyl halides is 5. The Kier molecular flexibility index (Phi) is 7.96. The van der Waals surface area contributed by atoms with Gasteiger partial charge in [0.1, 0.15) is 12.6 Å². The third kappa shape index (κ3) is 6.21. The van der Waals surface area contributed by atoms with Crippen LogP contribution in [0.1, 0.15) is 12.2 Å². The minimum Gasteiger partial charge on any atom is -0.382 e. The molecule has 2 aromatic carbocycles. The van der Waals surface area contributed by atoms with E-state index >= 15 is 0 Å². The first-order valence-electron chi connectivity index (χ1n) is 12.5. The number of carbonyl (C=O) groups excluding carboxylic acids is 1. The minimum atomic E-state index is -5.03. The van der Waals surface area contributed by atoms with Crippen molar-refractivity contribution in [1.82, 2.24) is 29.1 Å². The van der Waals surface area contributed by atoms with Crippen molar-refractivity contribution >= 4 is 35.1 Å². The van der Waals surface area contributed by atoms with Gasteiger partial charge in [0.05, 0.1) is 23.8 Å². The number of anilines is 1. The summed E-state index contributed by atoms with van der Waals surface area (Å²) in [6.07, 6.45) is -8.79. The highest BCUT2D eigenvalue weighted by Gasteiger charge is 2.49. The monoisotopic (exact) mass is 646 g/mol. The van der Waals surface area contributed by atoms with Gasteiger partial charge in [-0.1, -0.05) is 35.3 Å². The summed E-state index contributed by atoms with van der Waals surface area (Å²) in [7, 11) is 0. The fourth-order valence-corrected chi connectivity index (χ4v) is 4.94. The number of aliphatic hydroxyl groups excluding tert-OH is 1. The van der Waals surface area contributed by atoms with Crippen molar-refractivity contribution in [3.63, 3.8) is 0 Å². The van der Waals surface area contributed by atoms with E-state index in [1.54, 1.807) is 12.1 Å². The molecule has 18 heteroatoms. The zero-order valence-corrected chi connectivity index (χ0v) is 23.2. The second-order valence-corrected chi connectivity index (χ2v) is 10.6. The normalized spacial score (nSPS) is 17.4. The summed E-state index contributed by atoms with van der Waals surface area (Å²) >= 11 is 12.2. The number of carbonyl (C=O) groups is 1. The van der Waals surface area contributed by atoms with Gasteiger partial charge in [0, 0.05) is 17.0 Å². The molecular weight excluding hydrogens is 626 g/mol. The van der Waals surface area contributed by atoms with Crippen LogP contribution in [0.15, 0.2) is 53.3 Å². The maximum Gasteiger partial charge on any atom is 0.416 e. The predicted octanol–water partition coefficient (Wildman–Crippen LogP) is 3.27. The van der Waals surface area contributed by atoms with Gasteiger partial charge in [-0.25, -0.2) is 18.3 Å². The number of amides is 1. The second-order valence-electron chi connectivity index (χ2n) is 9.74. The Morgan fingerprint density at radius 2 is 1.79 bits per heavy atom. The van der Waals surface area contributed by atoms with Crippen LogP contribution in [0.5, 0.6) is 0 Å². The van der Waals surface area contributed by atoms with Crippen LogP contribution in [0, 0.1) is 0 Å². The molecule has 0 bridgehead atoms. The molecule has 4 aromatic rings.